The summed E-state index contributed by atoms with van der Waals surface area (Å²) in [5.41, 5.74) is 6.94. The fraction of sp³-hybridized carbons (Fsp3) is 0.0714. The first-order valence-corrected chi connectivity index (χ1v) is 8.62. The molecule has 0 saturated carbocycles. The molecule has 7 heteroatoms. The zero-order chi connectivity index (χ0) is 15.6. The van der Waals surface area contributed by atoms with Crippen LogP contribution >= 0.6 is 15.9 Å². The Hall–Kier alpha value is -1.86. The van der Waals surface area contributed by atoms with Gasteiger partial charge in [0.1, 0.15) is 0 Å². The number of sulfone groups is 1. The van der Waals surface area contributed by atoms with E-state index < -0.39 is 15.7 Å². The van der Waals surface area contributed by atoms with Crippen LogP contribution in [-0.2, 0) is 9.84 Å². The van der Waals surface area contributed by atoms with E-state index in [-0.39, 0.29) is 10.5 Å². The van der Waals surface area contributed by atoms with Gasteiger partial charge in [0.2, 0.25) is 0 Å². The van der Waals surface area contributed by atoms with Gasteiger partial charge in [-0.15, -0.1) is 0 Å². The van der Waals surface area contributed by atoms with Crippen LogP contribution < -0.4 is 11.1 Å². The maximum absolute atomic E-state index is 12.2. The first-order valence-electron chi connectivity index (χ1n) is 5.94. The molecule has 5 nitrogen and oxygen atoms in total. The Morgan fingerprint density at radius 2 is 1.90 bits per heavy atom. The predicted molar refractivity (Wildman–Crippen MR) is 86.1 cm³/mol. The molecule has 0 aromatic heterocycles. The highest BCUT2D eigenvalue weighted by molar-refractivity contribution is 9.10. The molecule has 0 unspecified atom stereocenters. The van der Waals surface area contributed by atoms with Crippen molar-refractivity contribution in [3.8, 4) is 0 Å². The second-order valence-corrected chi connectivity index (χ2v) is 7.42. The fourth-order valence-electron chi connectivity index (χ4n) is 1.71. The Kier molecular flexibility index (Phi) is 4.34. The van der Waals surface area contributed by atoms with E-state index in [1.54, 1.807) is 24.3 Å². The van der Waals surface area contributed by atoms with Crippen molar-refractivity contribution in [3.05, 3.63) is 52.5 Å². The zero-order valence-electron chi connectivity index (χ0n) is 11.1. The molecule has 0 aliphatic heterocycles. The van der Waals surface area contributed by atoms with Gasteiger partial charge in [0.15, 0.2) is 9.84 Å². The number of anilines is 2. The zero-order valence-corrected chi connectivity index (χ0v) is 13.5. The summed E-state index contributed by atoms with van der Waals surface area (Å²) in [5, 5.41) is 2.65. The number of hydrogen-bond acceptors (Lipinski definition) is 4. The van der Waals surface area contributed by atoms with Crippen LogP contribution in [-0.4, -0.2) is 20.6 Å². The Balaban J connectivity index is 2.29. The minimum atomic E-state index is -3.36. The molecule has 0 fully saturated rings. The lowest BCUT2D eigenvalue weighted by molar-refractivity contribution is 0.102. The minimum Gasteiger partial charge on any atom is -0.397 e. The summed E-state index contributed by atoms with van der Waals surface area (Å²) in [6, 6.07) is 10.9. The number of nitrogens with two attached hydrogens (primary N) is 1. The van der Waals surface area contributed by atoms with Crippen LogP contribution in [0.1, 0.15) is 10.4 Å². The monoisotopic (exact) mass is 368 g/mol. The summed E-state index contributed by atoms with van der Waals surface area (Å²) in [7, 11) is -3.36. The van der Waals surface area contributed by atoms with Crippen molar-refractivity contribution in [2.45, 2.75) is 4.90 Å². The number of rotatable bonds is 3. The highest BCUT2D eigenvalue weighted by Gasteiger charge is 2.12. The lowest BCUT2D eigenvalue weighted by Gasteiger charge is -2.09. The molecule has 0 bridgehead atoms. The molecule has 0 spiro atoms. The highest BCUT2D eigenvalue weighted by atomic mass is 79.9. The summed E-state index contributed by atoms with van der Waals surface area (Å²) >= 11 is 3.28. The third-order valence-electron chi connectivity index (χ3n) is 2.79. The summed E-state index contributed by atoms with van der Waals surface area (Å²) in [6.45, 7) is 0. The number of halogens is 1. The fourth-order valence-corrected chi connectivity index (χ4v) is 2.76. The molecule has 0 heterocycles. The first kappa shape index (κ1) is 15.5. The molecular formula is C14H13BrN2O3S. The van der Waals surface area contributed by atoms with Crippen molar-refractivity contribution in [3.63, 3.8) is 0 Å². The van der Waals surface area contributed by atoms with Crippen molar-refractivity contribution in [2.75, 3.05) is 17.3 Å². The second-order valence-electron chi connectivity index (χ2n) is 4.49. The van der Waals surface area contributed by atoms with E-state index in [1.165, 1.54) is 18.2 Å². The first-order chi connectivity index (χ1) is 9.77. The van der Waals surface area contributed by atoms with E-state index in [1.807, 2.05) is 0 Å². The number of carbonyl (C=O) groups is 1. The SMILES string of the molecule is CS(=O)(=O)c1cccc(C(=O)Nc2ccc(Br)cc2N)c1. The number of benzene rings is 2. The standard InChI is InChI=1S/C14H13BrN2O3S/c1-21(19,20)11-4-2-3-9(7-11)14(18)17-13-6-5-10(15)8-12(13)16/h2-8H,16H2,1H3,(H,17,18). The number of carbonyl (C=O) groups excluding carboxylic acids is 1. The van der Waals surface area contributed by atoms with Crippen molar-refractivity contribution in [1.29, 1.82) is 0 Å². The Morgan fingerprint density at radius 1 is 1.19 bits per heavy atom. The lowest BCUT2D eigenvalue weighted by atomic mass is 10.2. The average molecular weight is 369 g/mol. The molecule has 0 aliphatic rings. The Labute approximate surface area is 131 Å². The van der Waals surface area contributed by atoms with Crippen LogP contribution in [0.2, 0.25) is 0 Å². The molecule has 3 N–H and O–H groups in total. The normalized spacial score (nSPS) is 11.1. The lowest BCUT2D eigenvalue weighted by Crippen LogP contribution is -2.13. The molecule has 2 aromatic carbocycles. The van der Waals surface area contributed by atoms with Crippen LogP contribution in [0.25, 0.3) is 0 Å². The van der Waals surface area contributed by atoms with Gasteiger partial charge in [0, 0.05) is 16.3 Å². The van der Waals surface area contributed by atoms with E-state index in [0.717, 1.165) is 10.7 Å². The van der Waals surface area contributed by atoms with Crippen molar-refractivity contribution in [1.82, 2.24) is 0 Å². The van der Waals surface area contributed by atoms with Gasteiger partial charge in [0.05, 0.1) is 16.3 Å². The Morgan fingerprint density at radius 3 is 2.52 bits per heavy atom. The van der Waals surface area contributed by atoms with Crippen LogP contribution in [0.15, 0.2) is 51.8 Å². The summed E-state index contributed by atoms with van der Waals surface area (Å²) in [5.74, 6) is -0.422. The van der Waals surface area contributed by atoms with Gasteiger partial charge in [-0.25, -0.2) is 8.42 Å². The van der Waals surface area contributed by atoms with Gasteiger partial charge >= 0.3 is 0 Å². The smallest absolute Gasteiger partial charge is 0.255 e. The summed E-state index contributed by atoms with van der Waals surface area (Å²) in [6.07, 6.45) is 1.09. The molecule has 2 aromatic rings. The third-order valence-corrected chi connectivity index (χ3v) is 4.39. The van der Waals surface area contributed by atoms with Crippen LogP contribution in [0.3, 0.4) is 0 Å². The van der Waals surface area contributed by atoms with Crippen LogP contribution in [0.5, 0.6) is 0 Å². The van der Waals surface area contributed by atoms with Gasteiger partial charge in [-0.2, -0.15) is 0 Å². The molecular weight excluding hydrogens is 356 g/mol. The van der Waals surface area contributed by atoms with E-state index in [4.69, 9.17) is 5.73 Å². The van der Waals surface area contributed by atoms with Crippen LogP contribution in [0, 0.1) is 0 Å². The number of nitrogens with one attached hydrogen (secondary N) is 1. The van der Waals surface area contributed by atoms with Crippen LogP contribution in [0.4, 0.5) is 11.4 Å². The van der Waals surface area contributed by atoms with Crippen molar-refractivity contribution in [2.24, 2.45) is 0 Å². The van der Waals surface area contributed by atoms with E-state index >= 15 is 0 Å². The van der Waals surface area contributed by atoms with Gasteiger partial charge < -0.3 is 11.1 Å². The minimum absolute atomic E-state index is 0.0962. The summed E-state index contributed by atoms with van der Waals surface area (Å²) in [4.78, 5) is 12.3. The summed E-state index contributed by atoms with van der Waals surface area (Å²) < 4.78 is 23.8. The Bertz CT molecular complexity index is 804. The largest absolute Gasteiger partial charge is 0.397 e. The molecule has 21 heavy (non-hydrogen) atoms. The van der Waals surface area contributed by atoms with E-state index in [9.17, 15) is 13.2 Å². The van der Waals surface area contributed by atoms with E-state index in [0.29, 0.717) is 11.4 Å². The highest BCUT2D eigenvalue weighted by Crippen LogP contribution is 2.23. The number of hydrogen-bond donors (Lipinski definition) is 2. The maximum Gasteiger partial charge on any atom is 0.255 e. The molecule has 0 radical (unpaired) electrons. The van der Waals surface area contributed by atoms with E-state index in [2.05, 4.69) is 21.2 Å². The molecule has 1 amide bonds. The van der Waals surface area contributed by atoms with Gasteiger partial charge in [0.25, 0.3) is 5.91 Å². The topological polar surface area (TPSA) is 89.3 Å². The van der Waals surface area contributed by atoms with Gasteiger partial charge in [-0.1, -0.05) is 22.0 Å². The van der Waals surface area contributed by atoms with Gasteiger partial charge in [-0.05, 0) is 36.4 Å². The molecule has 0 atom stereocenters. The van der Waals surface area contributed by atoms with Crippen molar-refractivity contribution < 1.29 is 13.2 Å². The number of nitrogen functional groups attached to an aromatic ring is 1. The molecule has 0 aliphatic carbocycles. The predicted octanol–water partition coefficient (Wildman–Crippen LogP) is 2.69. The van der Waals surface area contributed by atoms with Crippen molar-refractivity contribution >= 4 is 43.0 Å². The second kappa shape index (κ2) is 5.87. The van der Waals surface area contributed by atoms with Gasteiger partial charge in [-0.3, -0.25) is 4.79 Å². The number of amides is 1. The molecule has 0 saturated heterocycles. The third kappa shape index (κ3) is 3.83. The average Bonchev–Trinajstić information content (AvgIpc) is 2.41. The molecule has 110 valence electrons. The quantitative estimate of drug-likeness (QED) is 0.815. The maximum atomic E-state index is 12.2. The molecule has 2 rings (SSSR count).